The fraction of sp³-hybridized carbons (Fsp3) is 0.556. The summed E-state index contributed by atoms with van der Waals surface area (Å²) in [5.41, 5.74) is 1.40. The lowest BCUT2D eigenvalue weighted by atomic mass is 9.94. The van der Waals surface area contributed by atoms with Crippen LogP contribution in [0.25, 0.3) is 0 Å². The van der Waals surface area contributed by atoms with Gasteiger partial charge in [-0.15, -0.1) is 0 Å². The Hall–Kier alpha value is -1.72. The Balaban J connectivity index is 1.56. The topological polar surface area (TPSA) is 51.4 Å². The van der Waals surface area contributed by atoms with Gasteiger partial charge in [-0.25, -0.2) is 0 Å². The second kappa shape index (κ2) is 6.42. The second-order valence-electron chi connectivity index (χ2n) is 6.40. The molecule has 3 heterocycles. The fourth-order valence-electron chi connectivity index (χ4n) is 4.11. The standard InChI is InChI=1S/C18H23N3O2/c1-2-22-12-17-19-18(20-23-17)14-11-16(13-7-4-3-5-8-13)21-10-6-9-15(14)21/h3-5,7-8,14-16H,2,6,9-12H2,1H3/t14?,15-,16?/m0/s1. The minimum absolute atomic E-state index is 0.363. The first-order chi connectivity index (χ1) is 11.4. The highest BCUT2D eigenvalue weighted by molar-refractivity contribution is 5.24. The zero-order valence-corrected chi connectivity index (χ0v) is 13.5. The zero-order chi connectivity index (χ0) is 15.6. The predicted molar refractivity (Wildman–Crippen MR) is 85.9 cm³/mol. The molecule has 0 N–H and O–H groups in total. The Morgan fingerprint density at radius 2 is 2.17 bits per heavy atom. The van der Waals surface area contributed by atoms with Crippen LogP contribution in [0, 0.1) is 0 Å². The van der Waals surface area contributed by atoms with Gasteiger partial charge in [-0.05, 0) is 38.3 Å². The van der Waals surface area contributed by atoms with Crippen molar-refractivity contribution in [1.29, 1.82) is 0 Å². The molecule has 2 fully saturated rings. The van der Waals surface area contributed by atoms with Gasteiger partial charge >= 0.3 is 0 Å². The lowest BCUT2D eigenvalue weighted by molar-refractivity contribution is 0.109. The molecule has 0 radical (unpaired) electrons. The molecule has 2 aromatic rings. The third-order valence-electron chi connectivity index (χ3n) is 5.11. The molecular weight excluding hydrogens is 290 g/mol. The Kier molecular flexibility index (Phi) is 4.14. The second-order valence-corrected chi connectivity index (χ2v) is 6.40. The number of rotatable bonds is 5. The maximum absolute atomic E-state index is 5.37. The number of hydrogen-bond donors (Lipinski definition) is 0. The van der Waals surface area contributed by atoms with Crippen LogP contribution in [0.4, 0.5) is 0 Å². The largest absolute Gasteiger partial charge is 0.372 e. The van der Waals surface area contributed by atoms with Crippen molar-refractivity contribution in [2.45, 2.75) is 50.8 Å². The molecule has 122 valence electrons. The molecule has 3 atom stereocenters. The van der Waals surface area contributed by atoms with Crippen LogP contribution in [0.15, 0.2) is 34.9 Å². The average molecular weight is 313 g/mol. The molecule has 2 aliphatic rings. The summed E-state index contributed by atoms with van der Waals surface area (Å²) in [6.45, 7) is 4.21. The maximum Gasteiger partial charge on any atom is 0.252 e. The van der Waals surface area contributed by atoms with Crippen LogP contribution >= 0.6 is 0 Å². The van der Waals surface area contributed by atoms with Gasteiger partial charge in [-0.1, -0.05) is 35.5 Å². The van der Waals surface area contributed by atoms with Crippen LogP contribution in [-0.2, 0) is 11.3 Å². The van der Waals surface area contributed by atoms with Crippen LogP contribution in [0.2, 0.25) is 0 Å². The number of fused-ring (bicyclic) bond motifs is 1. The quantitative estimate of drug-likeness (QED) is 0.847. The lowest BCUT2D eigenvalue weighted by Gasteiger charge is -2.24. The average Bonchev–Trinajstić information content (AvgIpc) is 3.29. The van der Waals surface area contributed by atoms with E-state index in [1.807, 2.05) is 6.92 Å². The molecule has 4 rings (SSSR count). The molecule has 2 saturated heterocycles. The normalized spacial score (nSPS) is 27.4. The molecule has 23 heavy (non-hydrogen) atoms. The first kappa shape index (κ1) is 14.8. The molecule has 0 amide bonds. The Labute approximate surface area is 136 Å². The highest BCUT2D eigenvalue weighted by atomic mass is 16.5. The number of hydrogen-bond acceptors (Lipinski definition) is 5. The molecule has 0 bridgehead atoms. The molecule has 5 nitrogen and oxygen atoms in total. The Bertz CT molecular complexity index is 643. The van der Waals surface area contributed by atoms with E-state index in [0.29, 0.717) is 37.1 Å². The smallest absolute Gasteiger partial charge is 0.252 e. The van der Waals surface area contributed by atoms with Crippen LogP contribution in [-0.4, -0.2) is 34.2 Å². The summed E-state index contributed by atoms with van der Waals surface area (Å²) in [4.78, 5) is 7.23. The van der Waals surface area contributed by atoms with Crippen molar-refractivity contribution in [2.75, 3.05) is 13.2 Å². The van der Waals surface area contributed by atoms with Crippen LogP contribution in [0.5, 0.6) is 0 Å². The van der Waals surface area contributed by atoms with Crippen molar-refractivity contribution in [1.82, 2.24) is 15.0 Å². The molecule has 0 aliphatic carbocycles. The SMILES string of the molecule is CCOCc1nc(C2CC(c3ccccc3)N3CCC[C@@H]23)no1. The van der Waals surface area contributed by atoms with E-state index < -0.39 is 0 Å². The fourth-order valence-corrected chi connectivity index (χ4v) is 4.11. The van der Waals surface area contributed by atoms with Crippen LogP contribution < -0.4 is 0 Å². The van der Waals surface area contributed by atoms with Crippen molar-refractivity contribution >= 4 is 0 Å². The third kappa shape index (κ3) is 2.79. The predicted octanol–water partition coefficient (Wildman–Crippen LogP) is 3.30. The summed E-state index contributed by atoms with van der Waals surface area (Å²) in [7, 11) is 0. The summed E-state index contributed by atoms with van der Waals surface area (Å²) >= 11 is 0. The molecule has 2 aliphatic heterocycles. The van der Waals surface area contributed by atoms with Crippen molar-refractivity contribution in [2.24, 2.45) is 0 Å². The van der Waals surface area contributed by atoms with E-state index in [1.165, 1.54) is 24.9 Å². The maximum atomic E-state index is 5.37. The lowest BCUT2D eigenvalue weighted by Crippen LogP contribution is -2.27. The van der Waals surface area contributed by atoms with Crippen LogP contribution in [0.1, 0.15) is 55.4 Å². The van der Waals surface area contributed by atoms with Crippen molar-refractivity contribution in [3.05, 3.63) is 47.6 Å². The van der Waals surface area contributed by atoms with Gasteiger partial charge in [0.2, 0.25) is 0 Å². The summed E-state index contributed by atoms with van der Waals surface area (Å²) in [5.74, 6) is 1.81. The van der Waals surface area contributed by atoms with Crippen LogP contribution in [0.3, 0.4) is 0 Å². The Morgan fingerprint density at radius 1 is 1.30 bits per heavy atom. The molecule has 1 aromatic carbocycles. The van der Waals surface area contributed by atoms with Gasteiger partial charge in [-0.2, -0.15) is 4.98 Å². The van der Waals surface area contributed by atoms with Gasteiger partial charge in [0.25, 0.3) is 5.89 Å². The van der Waals surface area contributed by atoms with Gasteiger partial charge < -0.3 is 9.26 Å². The minimum atomic E-state index is 0.363. The van der Waals surface area contributed by atoms with E-state index in [4.69, 9.17) is 9.26 Å². The van der Waals surface area contributed by atoms with Gasteiger partial charge in [-0.3, -0.25) is 4.90 Å². The number of ether oxygens (including phenoxy) is 1. The molecule has 1 aromatic heterocycles. The van der Waals surface area contributed by atoms with E-state index in [0.717, 1.165) is 12.2 Å². The van der Waals surface area contributed by atoms with E-state index >= 15 is 0 Å². The van der Waals surface area contributed by atoms with Crippen molar-refractivity contribution in [3.63, 3.8) is 0 Å². The number of aromatic nitrogens is 2. The van der Waals surface area contributed by atoms with Gasteiger partial charge in [0.1, 0.15) is 6.61 Å². The van der Waals surface area contributed by atoms with Gasteiger partial charge in [0.05, 0.1) is 0 Å². The van der Waals surface area contributed by atoms with Crippen molar-refractivity contribution in [3.8, 4) is 0 Å². The van der Waals surface area contributed by atoms with E-state index in [-0.39, 0.29) is 0 Å². The first-order valence-corrected chi connectivity index (χ1v) is 8.57. The number of benzene rings is 1. The van der Waals surface area contributed by atoms with E-state index in [1.54, 1.807) is 0 Å². The van der Waals surface area contributed by atoms with Gasteiger partial charge in [0.15, 0.2) is 5.82 Å². The van der Waals surface area contributed by atoms with Gasteiger partial charge in [0, 0.05) is 24.6 Å². The summed E-state index contributed by atoms with van der Waals surface area (Å²) in [6, 6.07) is 11.8. The minimum Gasteiger partial charge on any atom is -0.372 e. The summed E-state index contributed by atoms with van der Waals surface area (Å²) < 4.78 is 10.7. The summed E-state index contributed by atoms with van der Waals surface area (Å²) in [5, 5.41) is 4.25. The molecular formula is C18H23N3O2. The first-order valence-electron chi connectivity index (χ1n) is 8.57. The van der Waals surface area contributed by atoms with E-state index in [9.17, 15) is 0 Å². The number of nitrogens with zero attached hydrogens (tertiary/aromatic N) is 3. The zero-order valence-electron chi connectivity index (χ0n) is 13.5. The third-order valence-corrected chi connectivity index (χ3v) is 5.11. The monoisotopic (exact) mass is 313 g/mol. The molecule has 2 unspecified atom stereocenters. The molecule has 0 spiro atoms. The Morgan fingerprint density at radius 3 is 3.00 bits per heavy atom. The highest BCUT2D eigenvalue weighted by Gasteiger charge is 2.46. The molecule has 5 heteroatoms. The molecule has 0 saturated carbocycles. The highest BCUT2D eigenvalue weighted by Crippen LogP contribution is 2.48. The summed E-state index contributed by atoms with van der Waals surface area (Å²) in [6.07, 6.45) is 3.56. The van der Waals surface area contributed by atoms with Crippen molar-refractivity contribution < 1.29 is 9.26 Å². The van der Waals surface area contributed by atoms with E-state index in [2.05, 4.69) is 45.4 Å².